The normalized spacial score (nSPS) is 13.9. The molecular formula is C17H23N3O6. The van der Waals surface area contributed by atoms with Gasteiger partial charge in [0, 0.05) is 12.8 Å². The van der Waals surface area contributed by atoms with E-state index in [9.17, 15) is 19.2 Å². The van der Waals surface area contributed by atoms with E-state index in [1.807, 2.05) is 0 Å². The number of benzene rings is 1. The van der Waals surface area contributed by atoms with E-state index in [1.54, 1.807) is 30.3 Å². The van der Waals surface area contributed by atoms with Gasteiger partial charge in [0.2, 0.25) is 11.8 Å². The number of carbonyl (C=O) groups excluding carboxylic acids is 2. The smallest absolute Gasteiger partial charge is 0.326 e. The molecule has 3 unspecified atom stereocenters. The molecular weight excluding hydrogens is 342 g/mol. The van der Waals surface area contributed by atoms with Gasteiger partial charge >= 0.3 is 11.9 Å². The molecule has 3 atom stereocenters. The molecule has 0 spiro atoms. The van der Waals surface area contributed by atoms with Crippen LogP contribution in [0.3, 0.4) is 0 Å². The molecule has 0 heterocycles. The molecule has 6 N–H and O–H groups in total. The first-order chi connectivity index (χ1) is 12.2. The average molecular weight is 365 g/mol. The molecule has 0 radical (unpaired) electrons. The Labute approximate surface area is 150 Å². The van der Waals surface area contributed by atoms with Gasteiger partial charge < -0.3 is 26.6 Å². The minimum absolute atomic E-state index is 0.135. The van der Waals surface area contributed by atoms with Crippen molar-refractivity contribution in [2.24, 2.45) is 5.73 Å². The molecule has 0 aromatic heterocycles. The zero-order chi connectivity index (χ0) is 19.7. The molecule has 9 heteroatoms. The molecule has 142 valence electrons. The van der Waals surface area contributed by atoms with Crippen LogP contribution in [0.2, 0.25) is 0 Å². The summed E-state index contributed by atoms with van der Waals surface area (Å²) in [6.45, 7) is 1.46. The van der Waals surface area contributed by atoms with Crippen LogP contribution in [0.5, 0.6) is 0 Å². The predicted octanol–water partition coefficient (Wildman–Crippen LogP) is -0.505. The van der Waals surface area contributed by atoms with Crippen LogP contribution in [0.25, 0.3) is 0 Å². The van der Waals surface area contributed by atoms with Crippen molar-refractivity contribution in [3.63, 3.8) is 0 Å². The van der Waals surface area contributed by atoms with Gasteiger partial charge in [0.05, 0.1) is 6.04 Å². The minimum Gasteiger partial charge on any atom is -0.481 e. The van der Waals surface area contributed by atoms with Gasteiger partial charge in [-0.25, -0.2) is 4.79 Å². The van der Waals surface area contributed by atoms with E-state index in [-0.39, 0.29) is 12.8 Å². The molecule has 0 fully saturated rings. The highest BCUT2D eigenvalue weighted by atomic mass is 16.4. The second-order valence-electron chi connectivity index (χ2n) is 5.87. The Morgan fingerprint density at radius 1 is 1.00 bits per heavy atom. The highest BCUT2D eigenvalue weighted by Gasteiger charge is 2.27. The molecule has 0 aliphatic heterocycles. The van der Waals surface area contributed by atoms with Crippen molar-refractivity contribution in [2.75, 3.05) is 0 Å². The molecule has 0 saturated heterocycles. The maximum Gasteiger partial charge on any atom is 0.326 e. The lowest BCUT2D eigenvalue weighted by Gasteiger charge is -2.22. The van der Waals surface area contributed by atoms with E-state index in [0.29, 0.717) is 0 Å². The van der Waals surface area contributed by atoms with E-state index in [4.69, 9.17) is 15.9 Å². The lowest BCUT2D eigenvalue weighted by molar-refractivity contribution is -0.143. The van der Waals surface area contributed by atoms with Crippen molar-refractivity contribution < 1.29 is 29.4 Å². The fourth-order valence-corrected chi connectivity index (χ4v) is 2.16. The Morgan fingerprint density at radius 3 is 2.08 bits per heavy atom. The number of hydrogen-bond acceptors (Lipinski definition) is 5. The average Bonchev–Trinajstić information content (AvgIpc) is 2.58. The fourth-order valence-electron chi connectivity index (χ4n) is 2.16. The first-order valence-corrected chi connectivity index (χ1v) is 8.05. The molecule has 0 aliphatic rings. The molecule has 1 rings (SSSR count). The fraction of sp³-hybridized carbons (Fsp3) is 0.412. The number of carboxylic acids is 2. The maximum absolute atomic E-state index is 12.5. The zero-order valence-corrected chi connectivity index (χ0v) is 14.3. The topological polar surface area (TPSA) is 159 Å². The summed E-state index contributed by atoms with van der Waals surface area (Å²) >= 11 is 0. The minimum atomic E-state index is -1.37. The van der Waals surface area contributed by atoms with Crippen LogP contribution in [0, 0.1) is 0 Å². The Kier molecular flexibility index (Phi) is 8.23. The predicted molar refractivity (Wildman–Crippen MR) is 92.2 cm³/mol. The van der Waals surface area contributed by atoms with Crippen LogP contribution < -0.4 is 16.4 Å². The molecule has 1 aromatic carbocycles. The van der Waals surface area contributed by atoms with Crippen molar-refractivity contribution in [2.45, 2.75) is 44.3 Å². The summed E-state index contributed by atoms with van der Waals surface area (Å²) in [6, 6.07) is 5.60. The summed E-state index contributed by atoms with van der Waals surface area (Å²) < 4.78 is 0. The van der Waals surface area contributed by atoms with E-state index in [0.717, 1.165) is 5.56 Å². The Morgan fingerprint density at radius 2 is 1.58 bits per heavy atom. The van der Waals surface area contributed by atoms with E-state index in [2.05, 4.69) is 10.6 Å². The SMILES string of the molecule is CC(N)C(=O)NC(Cc1ccccc1)C(=O)NC(CCC(=O)O)C(=O)O. The quantitative estimate of drug-likeness (QED) is 0.373. The van der Waals surface area contributed by atoms with Gasteiger partial charge in [-0.3, -0.25) is 14.4 Å². The van der Waals surface area contributed by atoms with Crippen molar-refractivity contribution in [1.82, 2.24) is 10.6 Å². The van der Waals surface area contributed by atoms with Gasteiger partial charge in [0.25, 0.3) is 0 Å². The highest BCUT2D eigenvalue weighted by molar-refractivity contribution is 5.91. The van der Waals surface area contributed by atoms with Gasteiger partial charge in [-0.1, -0.05) is 30.3 Å². The number of amides is 2. The second-order valence-corrected chi connectivity index (χ2v) is 5.87. The monoisotopic (exact) mass is 365 g/mol. The molecule has 1 aromatic rings. The largest absolute Gasteiger partial charge is 0.481 e. The number of nitrogens with two attached hydrogens (primary N) is 1. The number of rotatable bonds is 10. The Hall–Kier alpha value is -2.94. The number of carbonyl (C=O) groups is 4. The third-order valence-electron chi connectivity index (χ3n) is 3.59. The van der Waals surface area contributed by atoms with E-state index >= 15 is 0 Å². The van der Waals surface area contributed by atoms with Gasteiger partial charge in [-0.15, -0.1) is 0 Å². The number of carboxylic acid groups (broad SMARTS) is 2. The van der Waals surface area contributed by atoms with Gasteiger partial charge in [-0.05, 0) is 18.9 Å². The second kappa shape index (κ2) is 10.1. The van der Waals surface area contributed by atoms with E-state index < -0.39 is 48.3 Å². The lowest BCUT2D eigenvalue weighted by atomic mass is 10.0. The van der Waals surface area contributed by atoms with Crippen LogP contribution >= 0.6 is 0 Å². The number of nitrogens with one attached hydrogen (secondary N) is 2. The third-order valence-corrected chi connectivity index (χ3v) is 3.59. The molecule has 26 heavy (non-hydrogen) atoms. The molecule has 2 amide bonds. The summed E-state index contributed by atoms with van der Waals surface area (Å²) in [7, 11) is 0. The van der Waals surface area contributed by atoms with Crippen molar-refractivity contribution in [1.29, 1.82) is 0 Å². The summed E-state index contributed by atoms with van der Waals surface area (Å²) in [5.74, 6) is -3.80. The number of hydrogen-bond donors (Lipinski definition) is 5. The van der Waals surface area contributed by atoms with Gasteiger partial charge in [0.15, 0.2) is 0 Å². The maximum atomic E-state index is 12.5. The third kappa shape index (κ3) is 7.31. The molecule has 9 nitrogen and oxygen atoms in total. The van der Waals surface area contributed by atoms with Crippen molar-refractivity contribution >= 4 is 23.8 Å². The van der Waals surface area contributed by atoms with Crippen LogP contribution in [-0.4, -0.2) is 52.1 Å². The van der Waals surface area contributed by atoms with Crippen molar-refractivity contribution in [3.05, 3.63) is 35.9 Å². The van der Waals surface area contributed by atoms with Crippen LogP contribution in [0.15, 0.2) is 30.3 Å². The molecule has 0 aliphatic carbocycles. The van der Waals surface area contributed by atoms with Crippen LogP contribution in [-0.2, 0) is 25.6 Å². The van der Waals surface area contributed by atoms with Crippen LogP contribution in [0.1, 0.15) is 25.3 Å². The highest BCUT2D eigenvalue weighted by Crippen LogP contribution is 2.06. The number of aliphatic carboxylic acids is 2. The lowest BCUT2D eigenvalue weighted by Crippen LogP contribution is -2.54. The Bertz CT molecular complexity index is 647. The molecule has 0 bridgehead atoms. The molecule has 0 saturated carbocycles. The van der Waals surface area contributed by atoms with Gasteiger partial charge in [-0.2, -0.15) is 0 Å². The Balaban J connectivity index is 2.88. The van der Waals surface area contributed by atoms with Crippen LogP contribution in [0.4, 0.5) is 0 Å². The van der Waals surface area contributed by atoms with Gasteiger partial charge in [0.1, 0.15) is 12.1 Å². The summed E-state index contributed by atoms with van der Waals surface area (Å²) in [4.78, 5) is 46.2. The summed E-state index contributed by atoms with van der Waals surface area (Å²) in [6.07, 6.45) is -0.543. The van der Waals surface area contributed by atoms with E-state index in [1.165, 1.54) is 6.92 Å². The summed E-state index contributed by atoms with van der Waals surface area (Å²) in [5.41, 5.74) is 6.26. The van der Waals surface area contributed by atoms with Crippen molar-refractivity contribution in [3.8, 4) is 0 Å². The first kappa shape index (κ1) is 21.1. The first-order valence-electron chi connectivity index (χ1n) is 8.05. The summed E-state index contributed by atoms with van der Waals surface area (Å²) in [5, 5.41) is 22.6. The standard InChI is InChI=1S/C17H23N3O6/c1-10(18)15(23)20-13(9-11-5-3-2-4-6-11)16(24)19-12(17(25)26)7-8-14(21)22/h2-6,10,12-13H,7-9,18H2,1H3,(H,19,24)(H,20,23)(H,21,22)(H,25,26). The zero-order valence-electron chi connectivity index (χ0n) is 14.3.